The van der Waals surface area contributed by atoms with Gasteiger partial charge in [-0.2, -0.15) is 0 Å². The zero-order valence-electron chi connectivity index (χ0n) is 15.4. The molecule has 0 aliphatic carbocycles. The predicted octanol–water partition coefficient (Wildman–Crippen LogP) is 2.37. The summed E-state index contributed by atoms with van der Waals surface area (Å²) in [5.41, 5.74) is 4.54. The number of ether oxygens (including phenoxy) is 1. The highest BCUT2D eigenvalue weighted by Gasteiger charge is 2.25. The number of anilines is 1. The Bertz CT molecular complexity index is 745. The average molecular weight is 353 g/mol. The van der Waals surface area contributed by atoms with Crippen molar-refractivity contribution in [3.63, 3.8) is 0 Å². The minimum Gasteiger partial charge on any atom is -0.381 e. The number of hydrogen-bond acceptors (Lipinski definition) is 6. The minimum atomic E-state index is 0.652. The van der Waals surface area contributed by atoms with E-state index in [0.29, 0.717) is 12.6 Å². The Morgan fingerprint density at radius 2 is 2.00 bits per heavy atom. The number of nitrogens with one attached hydrogen (secondary N) is 1. The van der Waals surface area contributed by atoms with Crippen molar-refractivity contribution >= 4 is 5.82 Å². The van der Waals surface area contributed by atoms with Gasteiger partial charge in [-0.1, -0.05) is 6.07 Å². The van der Waals surface area contributed by atoms with Gasteiger partial charge in [0.25, 0.3) is 0 Å². The van der Waals surface area contributed by atoms with Crippen molar-refractivity contribution in [2.45, 2.75) is 45.2 Å². The van der Waals surface area contributed by atoms with E-state index in [0.717, 1.165) is 69.2 Å². The van der Waals surface area contributed by atoms with E-state index in [1.807, 2.05) is 25.1 Å². The summed E-state index contributed by atoms with van der Waals surface area (Å²) in [7, 11) is 0. The van der Waals surface area contributed by atoms with Crippen molar-refractivity contribution in [1.29, 1.82) is 0 Å². The Morgan fingerprint density at radius 1 is 1.15 bits per heavy atom. The lowest BCUT2D eigenvalue weighted by Gasteiger charge is -2.33. The lowest BCUT2D eigenvalue weighted by Crippen LogP contribution is -2.40. The Hall–Kier alpha value is -2.05. The Labute approximate surface area is 155 Å². The van der Waals surface area contributed by atoms with Crippen LogP contribution in [-0.2, 0) is 24.1 Å². The third kappa shape index (κ3) is 4.02. The maximum atomic E-state index is 5.52. The van der Waals surface area contributed by atoms with Gasteiger partial charge in [-0.25, -0.2) is 9.97 Å². The van der Waals surface area contributed by atoms with Crippen LogP contribution in [0.15, 0.2) is 24.5 Å². The molecule has 0 unspecified atom stereocenters. The molecule has 1 saturated heterocycles. The second kappa shape index (κ2) is 8.10. The number of nitrogens with zero attached hydrogens (tertiary/aromatic N) is 4. The summed E-state index contributed by atoms with van der Waals surface area (Å²) in [4.78, 5) is 16.3. The molecule has 0 spiro atoms. The third-order valence-corrected chi connectivity index (χ3v) is 5.41. The smallest absolute Gasteiger partial charge is 0.133 e. The van der Waals surface area contributed by atoms with Crippen LogP contribution in [0.4, 0.5) is 5.82 Å². The number of hydrogen-bond donors (Lipinski definition) is 1. The molecule has 2 aromatic heterocycles. The van der Waals surface area contributed by atoms with Crippen LogP contribution in [0.1, 0.15) is 35.5 Å². The summed E-state index contributed by atoms with van der Waals surface area (Å²) in [5, 5.41) is 3.49. The maximum Gasteiger partial charge on any atom is 0.133 e. The monoisotopic (exact) mass is 353 g/mol. The molecule has 0 radical (unpaired) electrons. The molecule has 4 rings (SSSR count). The van der Waals surface area contributed by atoms with Crippen molar-refractivity contribution in [3.8, 4) is 0 Å². The number of fused-ring (bicyclic) bond motifs is 1. The van der Waals surface area contributed by atoms with Crippen LogP contribution in [0.5, 0.6) is 0 Å². The van der Waals surface area contributed by atoms with Crippen LogP contribution in [0, 0.1) is 6.92 Å². The number of aromatic nitrogens is 3. The van der Waals surface area contributed by atoms with Gasteiger partial charge in [-0.3, -0.25) is 9.88 Å². The van der Waals surface area contributed by atoms with Gasteiger partial charge in [0.1, 0.15) is 12.1 Å². The molecular weight excluding hydrogens is 326 g/mol. The Morgan fingerprint density at radius 3 is 2.85 bits per heavy atom. The topological polar surface area (TPSA) is 63.2 Å². The van der Waals surface area contributed by atoms with Crippen molar-refractivity contribution in [2.24, 2.45) is 0 Å². The van der Waals surface area contributed by atoms with Crippen LogP contribution >= 0.6 is 0 Å². The molecule has 26 heavy (non-hydrogen) atoms. The first-order valence-electron chi connectivity index (χ1n) is 9.60. The molecular formula is C20H27N5O. The van der Waals surface area contributed by atoms with Crippen molar-refractivity contribution in [3.05, 3.63) is 47.2 Å². The van der Waals surface area contributed by atoms with Crippen LogP contribution in [0.3, 0.4) is 0 Å². The van der Waals surface area contributed by atoms with E-state index < -0.39 is 0 Å². The zero-order valence-corrected chi connectivity index (χ0v) is 15.4. The van der Waals surface area contributed by atoms with Gasteiger partial charge >= 0.3 is 0 Å². The molecule has 0 atom stereocenters. The van der Waals surface area contributed by atoms with Gasteiger partial charge in [0.15, 0.2) is 0 Å². The summed E-state index contributed by atoms with van der Waals surface area (Å²) in [6.45, 7) is 6.64. The molecule has 0 aromatic carbocycles. The number of rotatable bonds is 4. The molecule has 4 heterocycles. The number of pyridine rings is 1. The summed E-state index contributed by atoms with van der Waals surface area (Å²) < 4.78 is 5.52. The molecule has 2 aliphatic rings. The van der Waals surface area contributed by atoms with E-state index >= 15 is 0 Å². The van der Waals surface area contributed by atoms with E-state index in [-0.39, 0.29) is 0 Å². The van der Waals surface area contributed by atoms with Gasteiger partial charge in [-0.15, -0.1) is 0 Å². The average Bonchev–Trinajstić information content (AvgIpc) is 2.90. The van der Waals surface area contributed by atoms with E-state index in [2.05, 4.69) is 25.2 Å². The lowest BCUT2D eigenvalue weighted by atomic mass is 10.1. The molecule has 1 fully saturated rings. The molecule has 2 aromatic rings. The second-order valence-electron chi connectivity index (χ2n) is 7.15. The first-order chi connectivity index (χ1) is 12.8. The van der Waals surface area contributed by atoms with Crippen LogP contribution in [0.2, 0.25) is 0 Å². The highest BCUT2D eigenvalue weighted by atomic mass is 16.5. The molecule has 138 valence electrons. The molecule has 1 N–H and O–H groups in total. The van der Waals surface area contributed by atoms with Crippen LogP contribution < -0.4 is 5.32 Å². The largest absolute Gasteiger partial charge is 0.381 e. The van der Waals surface area contributed by atoms with E-state index in [1.54, 1.807) is 6.33 Å². The molecule has 0 amide bonds. The van der Waals surface area contributed by atoms with E-state index in [1.165, 1.54) is 11.3 Å². The minimum absolute atomic E-state index is 0.652. The second-order valence-corrected chi connectivity index (χ2v) is 7.15. The van der Waals surface area contributed by atoms with Crippen LogP contribution in [-0.4, -0.2) is 52.2 Å². The van der Waals surface area contributed by atoms with Gasteiger partial charge in [0.2, 0.25) is 0 Å². The summed E-state index contributed by atoms with van der Waals surface area (Å²) in [6, 6.07) is 6.77. The fourth-order valence-electron chi connectivity index (χ4n) is 3.98. The molecule has 0 bridgehead atoms. The maximum absolute atomic E-state index is 5.52. The normalized spacial score (nSPS) is 19.0. The summed E-state index contributed by atoms with van der Waals surface area (Å²) in [6.07, 6.45) is 5.97. The fourth-order valence-corrected chi connectivity index (χ4v) is 3.98. The highest BCUT2D eigenvalue weighted by molar-refractivity contribution is 5.47. The first kappa shape index (κ1) is 17.4. The van der Waals surface area contributed by atoms with Crippen molar-refractivity contribution < 1.29 is 4.74 Å². The van der Waals surface area contributed by atoms with Crippen LogP contribution in [0.25, 0.3) is 0 Å². The summed E-state index contributed by atoms with van der Waals surface area (Å²) in [5.74, 6) is 0.965. The molecule has 6 nitrogen and oxygen atoms in total. The first-order valence-corrected chi connectivity index (χ1v) is 9.60. The van der Waals surface area contributed by atoms with E-state index in [9.17, 15) is 0 Å². The highest BCUT2D eigenvalue weighted by Crippen LogP contribution is 2.24. The predicted molar refractivity (Wildman–Crippen MR) is 101 cm³/mol. The fraction of sp³-hybridized carbons (Fsp3) is 0.550. The molecule has 2 aliphatic heterocycles. The Kier molecular flexibility index (Phi) is 5.41. The SMILES string of the molecule is Cc1cccc(CNc2ncnc3c2CCN(C2CCOCC2)CC3)n1. The third-order valence-electron chi connectivity index (χ3n) is 5.41. The zero-order chi connectivity index (χ0) is 17.8. The van der Waals surface area contributed by atoms with Gasteiger partial charge in [-0.05, 0) is 38.3 Å². The van der Waals surface area contributed by atoms with Crippen molar-refractivity contribution in [2.75, 3.05) is 31.6 Å². The van der Waals surface area contributed by atoms with Gasteiger partial charge in [0, 0.05) is 50.0 Å². The summed E-state index contributed by atoms with van der Waals surface area (Å²) >= 11 is 0. The molecule has 6 heteroatoms. The Balaban J connectivity index is 1.45. The quantitative estimate of drug-likeness (QED) is 0.910. The van der Waals surface area contributed by atoms with Gasteiger partial charge < -0.3 is 10.1 Å². The molecule has 0 saturated carbocycles. The van der Waals surface area contributed by atoms with Crippen molar-refractivity contribution in [1.82, 2.24) is 19.9 Å². The standard InChI is InChI=1S/C20H27N5O/c1-15-3-2-4-16(24-15)13-21-20-18-5-9-25(17-7-11-26-12-8-17)10-6-19(18)22-14-23-20/h2-4,14,17H,5-13H2,1H3,(H,21,22,23). The number of aryl methyl sites for hydroxylation is 1. The van der Waals surface area contributed by atoms with E-state index in [4.69, 9.17) is 4.74 Å². The lowest BCUT2D eigenvalue weighted by molar-refractivity contribution is 0.0355. The van der Waals surface area contributed by atoms with Gasteiger partial charge in [0.05, 0.1) is 17.9 Å².